The van der Waals surface area contributed by atoms with Crippen LogP contribution in [0.2, 0.25) is 0 Å². The number of aliphatic hydroxyl groups is 4. The van der Waals surface area contributed by atoms with Crippen molar-refractivity contribution >= 4 is 0 Å². The van der Waals surface area contributed by atoms with Crippen molar-refractivity contribution in [3.05, 3.63) is 82.9 Å². The Balaban J connectivity index is 1.32. The van der Waals surface area contributed by atoms with Crippen LogP contribution >= 0.6 is 0 Å². The van der Waals surface area contributed by atoms with Gasteiger partial charge in [-0.05, 0) is 59.2 Å². The summed E-state index contributed by atoms with van der Waals surface area (Å²) in [7, 11) is 8.64. The van der Waals surface area contributed by atoms with Crippen LogP contribution in [0.15, 0.2) is 60.7 Å². The normalized spacial score (nSPS) is 20.4. The van der Waals surface area contributed by atoms with E-state index in [0.717, 1.165) is 0 Å². The Morgan fingerprint density at radius 3 is 1.90 bits per heavy atom. The number of phenols is 2. The molecule has 16 nitrogen and oxygen atoms in total. The molecule has 0 saturated carbocycles. The molecule has 0 spiro atoms. The number of hydrogen-bond donors (Lipinski definition) is 6. The fourth-order valence-electron chi connectivity index (χ4n) is 7.46. The molecule has 1 saturated heterocycles. The van der Waals surface area contributed by atoms with Gasteiger partial charge in [0.15, 0.2) is 52.1 Å². The molecule has 4 aromatic carbocycles. The predicted octanol–water partition coefficient (Wildman–Crippen LogP) is 4.17. The average Bonchev–Trinajstić information content (AvgIpc) is 3.64. The van der Waals surface area contributed by atoms with Gasteiger partial charge < -0.3 is 78.0 Å². The highest BCUT2D eigenvalue weighted by molar-refractivity contribution is 5.57. The van der Waals surface area contributed by atoms with Crippen LogP contribution in [-0.4, -0.2) is 112 Å². The van der Waals surface area contributed by atoms with Crippen LogP contribution in [0.1, 0.15) is 46.7 Å². The highest BCUT2D eigenvalue weighted by Gasteiger charge is 2.48. The lowest BCUT2D eigenvalue weighted by atomic mass is 9.86. The second kappa shape index (κ2) is 18.5. The molecule has 0 aromatic heterocycles. The van der Waals surface area contributed by atoms with Crippen molar-refractivity contribution < 1.29 is 78.0 Å². The maximum absolute atomic E-state index is 11.4. The van der Waals surface area contributed by atoms with E-state index in [-0.39, 0.29) is 59.0 Å². The van der Waals surface area contributed by atoms with Crippen molar-refractivity contribution in [2.45, 2.75) is 36.6 Å². The second-order valence-electron chi connectivity index (χ2n) is 13.8. The molecule has 3 aliphatic heterocycles. The molecule has 314 valence electrons. The van der Waals surface area contributed by atoms with Gasteiger partial charge in [0.1, 0.15) is 18.3 Å². The Kier molecular flexibility index (Phi) is 13.5. The van der Waals surface area contributed by atoms with E-state index in [1.165, 1.54) is 66.9 Å². The van der Waals surface area contributed by atoms with Gasteiger partial charge in [-0.25, -0.2) is 0 Å². The van der Waals surface area contributed by atoms with Crippen molar-refractivity contribution in [2.75, 3.05) is 69.1 Å². The Hall–Kier alpha value is -5.36. The molecule has 1 fully saturated rings. The molecule has 3 aliphatic rings. The van der Waals surface area contributed by atoms with Gasteiger partial charge >= 0.3 is 0 Å². The molecule has 4 aromatic rings. The van der Waals surface area contributed by atoms with Gasteiger partial charge in [0.25, 0.3) is 0 Å². The quantitative estimate of drug-likeness (QED) is 0.0832. The molecule has 7 rings (SSSR count). The lowest BCUT2D eigenvalue weighted by molar-refractivity contribution is -0.0664. The first-order valence-corrected chi connectivity index (χ1v) is 18.4. The van der Waals surface area contributed by atoms with Crippen LogP contribution in [0, 0.1) is 11.8 Å². The topological polar surface area (TPSA) is 214 Å². The maximum atomic E-state index is 11.4. The second-order valence-corrected chi connectivity index (χ2v) is 13.8. The smallest absolute Gasteiger partial charge is 0.204 e. The average molecular weight is 811 g/mol. The number of aliphatic hydroxyl groups excluding tert-OH is 4. The highest BCUT2D eigenvalue weighted by Crippen LogP contribution is 2.53. The summed E-state index contributed by atoms with van der Waals surface area (Å²) >= 11 is 0. The number of phenolic OH excluding ortho intramolecular Hbond substituents is 2. The largest absolute Gasteiger partial charge is 0.504 e. The molecule has 8 atom stereocenters. The minimum Gasteiger partial charge on any atom is -0.504 e. The van der Waals surface area contributed by atoms with Gasteiger partial charge in [-0.3, -0.25) is 0 Å². The third-order valence-corrected chi connectivity index (χ3v) is 10.5. The van der Waals surface area contributed by atoms with Gasteiger partial charge in [0, 0.05) is 11.5 Å². The Morgan fingerprint density at radius 2 is 1.31 bits per heavy atom. The third-order valence-electron chi connectivity index (χ3n) is 10.5. The molecular weight excluding hydrogens is 760 g/mol. The van der Waals surface area contributed by atoms with E-state index >= 15 is 0 Å². The van der Waals surface area contributed by atoms with Crippen molar-refractivity contribution in [3.63, 3.8) is 0 Å². The zero-order valence-electron chi connectivity index (χ0n) is 33.0. The zero-order valence-corrected chi connectivity index (χ0v) is 33.0. The van der Waals surface area contributed by atoms with Crippen LogP contribution in [-0.2, 0) is 9.47 Å². The third kappa shape index (κ3) is 8.16. The lowest BCUT2D eigenvalue weighted by Gasteiger charge is -2.35. The summed E-state index contributed by atoms with van der Waals surface area (Å²) in [6.07, 6.45) is -6.01. The summed E-state index contributed by atoms with van der Waals surface area (Å²) in [4.78, 5) is 0. The number of hydrogen-bond acceptors (Lipinski definition) is 16. The Labute approximate surface area is 335 Å². The SMILES string of the molecule is COc1cc([C@H](O)[C@H](CO)Oc2c(OC)cc([C@@H]3OC[C@@H]4[C@H]3Oc3c(OC)cc(cc3OC)[C@H]4OC[C@@H](CO)[C@H](O)c3cccc(O)c3OC)cc2OC)ccc1O. The summed E-state index contributed by atoms with van der Waals surface area (Å²) in [5.41, 5.74) is 1.87. The van der Waals surface area contributed by atoms with Crippen LogP contribution in [0.5, 0.6) is 57.5 Å². The number of rotatable bonds is 18. The van der Waals surface area contributed by atoms with Crippen molar-refractivity contribution in [1.82, 2.24) is 0 Å². The molecule has 58 heavy (non-hydrogen) atoms. The van der Waals surface area contributed by atoms with Crippen molar-refractivity contribution in [3.8, 4) is 57.5 Å². The summed E-state index contributed by atoms with van der Waals surface area (Å²) in [6, 6.07) is 15.9. The van der Waals surface area contributed by atoms with E-state index in [1.54, 1.807) is 36.4 Å². The monoisotopic (exact) mass is 810 g/mol. The van der Waals surface area contributed by atoms with Gasteiger partial charge in [-0.15, -0.1) is 0 Å². The zero-order chi connectivity index (χ0) is 41.7. The summed E-state index contributed by atoms with van der Waals surface area (Å²) < 4.78 is 59.5. The van der Waals surface area contributed by atoms with E-state index in [1.807, 2.05) is 0 Å². The van der Waals surface area contributed by atoms with E-state index in [0.29, 0.717) is 33.9 Å². The molecule has 0 aliphatic carbocycles. The van der Waals surface area contributed by atoms with Crippen molar-refractivity contribution in [1.29, 1.82) is 0 Å². The van der Waals surface area contributed by atoms with Gasteiger partial charge in [-0.1, -0.05) is 18.2 Å². The summed E-state index contributed by atoms with van der Waals surface area (Å²) in [6.45, 7) is -1.01. The number of methoxy groups -OCH3 is 6. The fourth-order valence-corrected chi connectivity index (χ4v) is 7.46. The maximum Gasteiger partial charge on any atom is 0.204 e. The molecule has 3 heterocycles. The number of aromatic hydroxyl groups is 2. The molecule has 16 heteroatoms. The summed E-state index contributed by atoms with van der Waals surface area (Å²) in [5, 5.41) is 63.8. The number of benzene rings is 4. The fraction of sp³-hybridized carbons (Fsp3) is 0.429. The first kappa shape index (κ1) is 42.3. The molecule has 0 unspecified atom stereocenters. The first-order valence-electron chi connectivity index (χ1n) is 18.4. The van der Waals surface area contributed by atoms with Gasteiger partial charge in [0.2, 0.25) is 11.5 Å². The van der Waals surface area contributed by atoms with Crippen LogP contribution < -0.4 is 37.9 Å². The standard InChI is InChI=1S/C42H50O16/c1-49-29-12-21(10-11-27(29)45)36(48)34(18-44)57-41-30(50-2)15-23(16-31(41)51-3)38-40-26(20-56-38)37(22-13-32(52-4)42(58-40)33(14-22)53-5)55-19-24(17-43)35(47)25-8-7-9-28(46)39(25)54-6/h7-16,24,26,34-38,40,43-48H,17-20H2,1-6H3/t24-,26+,34+,35+,36+,37-,38+,40-/m1/s1. The van der Waals surface area contributed by atoms with Crippen LogP contribution in [0.25, 0.3) is 0 Å². The molecular formula is C42H50O16. The molecule has 6 N–H and O–H groups in total. The van der Waals surface area contributed by atoms with E-state index < -0.39 is 61.7 Å². The van der Waals surface area contributed by atoms with Crippen molar-refractivity contribution in [2.24, 2.45) is 11.8 Å². The van der Waals surface area contributed by atoms with E-state index in [2.05, 4.69) is 0 Å². The number of fused-ring (bicyclic) bond motifs is 2. The predicted molar refractivity (Wildman–Crippen MR) is 206 cm³/mol. The molecule has 0 amide bonds. The number of ether oxygens (including phenoxy) is 10. The Bertz CT molecular complexity index is 1970. The minimum atomic E-state index is -1.35. The first-order chi connectivity index (χ1) is 28.0. The van der Waals surface area contributed by atoms with Crippen LogP contribution in [0.4, 0.5) is 0 Å². The van der Waals surface area contributed by atoms with E-state index in [9.17, 15) is 30.6 Å². The number of para-hydroxylation sites is 1. The van der Waals surface area contributed by atoms with E-state index in [4.69, 9.17) is 47.4 Å². The van der Waals surface area contributed by atoms with Gasteiger partial charge in [-0.2, -0.15) is 0 Å². The van der Waals surface area contributed by atoms with Crippen LogP contribution in [0.3, 0.4) is 0 Å². The minimum absolute atomic E-state index is 0.0910. The Morgan fingerprint density at radius 1 is 0.672 bits per heavy atom. The highest BCUT2D eigenvalue weighted by atomic mass is 16.6. The van der Waals surface area contributed by atoms with Gasteiger partial charge in [0.05, 0.1) is 87.2 Å². The molecule has 2 bridgehead atoms. The molecule has 0 radical (unpaired) electrons. The lowest BCUT2D eigenvalue weighted by Crippen LogP contribution is -2.36. The summed E-state index contributed by atoms with van der Waals surface area (Å²) in [5.74, 6) is 0.297.